The Morgan fingerprint density at radius 2 is 1.93 bits per heavy atom. The van der Waals surface area contributed by atoms with Crippen molar-refractivity contribution in [3.05, 3.63) is 0 Å². The highest BCUT2D eigenvalue weighted by molar-refractivity contribution is 5.67. The average Bonchev–Trinajstić information content (AvgIpc) is 2.17. The molecule has 1 aliphatic carbocycles. The fourth-order valence-electron chi connectivity index (χ4n) is 2.54. The Morgan fingerprint density at radius 3 is 2.47 bits per heavy atom. The highest BCUT2D eigenvalue weighted by Crippen LogP contribution is 2.26. The van der Waals surface area contributed by atoms with Gasteiger partial charge in [-0.1, -0.05) is 19.3 Å². The number of hydrogen-bond acceptors (Lipinski definition) is 2. The Labute approximate surface area is 92.3 Å². The van der Waals surface area contributed by atoms with Crippen molar-refractivity contribution < 1.29 is 9.90 Å². The standard InChI is InChI=1S/C12H23NO2/c1-9(8-12(14)15)13-10(2)11-6-4-3-5-7-11/h9-11,13H,3-8H2,1-2H3,(H,14,15)/t9?,10-/m1/s1. The van der Waals surface area contributed by atoms with Gasteiger partial charge in [0.1, 0.15) is 0 Å². The molecule has 1 aliphatic rings. The van der Waals surface area contributed by atoms with Gasteiger partial charge in [-0.05, 0) is 32.6 Å². The van der Waals surface area contributed by atoms with E-state index in [-0.39, 0.29) is 12.5 Å². The van der Waals surface area contributed by atoms with Gasteiger partial charge in [-0.15, -0.1) is 0 Å². The minimum absolute atomic E-state index is 0.0828. The third-order valence-corrected chi connectivity index (χ3v) is 3.39. The van der Waals surface area contributed by atoms with Gasteiger partial charge in [0.25, 0.3) is 0 Å². The van der Waals surface area contributed by atoms with Gasteiger partial charge < -0.3 is 10.4 Å². The Balaban J connectivity index is 2.26. The predicted octanol–water partition coefficient (Wildman–Crippen LogP) is 2.41. The summed E-state index contributed by atoms with van der Waals surface area (Å²) >= 11 is 0. The van der Waals surface area contributed by atoms with Gasteiger partial charge in [-0.25, -0.2) is 0 Å². The molecule has 2 atom stereocenters. The molecule has 0 aromatic carbocycles. The lowest BCUT2D eigenvalue weighted by Crippen LogP contribution is -2.41. The molecule has 1 saturated carbocycles. The first kappa shape index (κ1) is 12.5. The van der Waals surface area contributed by atoms with Crippen LogP contribution < -0.4 is 5.32 Å². The van der Waals surface area contributed by atoms with Gasteiger partial charge in [0.2, 0.25) is 0 Å². The number of carbonyl (C=O) groups is 1. The molecule has 2 N–H and O–H groups in total. The summed E-state index contributed by atoms with van der Waals surface area (Å²) in [5.41, 5.74) is 0. The second-order valence-electron chi connectivity index (χ2n) is 4.85. The van der Waals surface area contributed by atoms with Gasteiger partial charge in [0.15, 0.2) is 0 Å². The summed E-state index contributed by atoms with van der Waals surface area (Å²) in [6.45, 7) is 4.14. The topological polar surface area (TPSA) is 49.3 Å². The lowest BCUT2D eigenvalue weighted by atomic mass is 9.84. The van der Waals surface area contributed by atoms with Crippen LogP contribution >= 0.6 is 0 Å². The Hall–Kier alpha value is -0.570. The van der Waals surface area contributed by atoms with E-state index in [9.17, 15) is 4.79 Å². The zero-order chi connectivity index (χ0) is 11.3. The third kappa shape index (κ3) is 4.65. The minimum atomic E-state index is -0.717. The van der Waals surface area contributed by atoms with Crippen LogP contribution in [0.4, 0.5) is 0 Å². The van der Waals surface area contributed by atoms with Crippen molar-refractivity contribution in [3.63, 3.8) is 0 Å². The van der Waals surface area contributed by atoms with E-state index in [0.717, 1.165) is 5.92 Å². The largest absolute Gasteiger partial charge is 0.481 e. The highest BCUT2D eigenvalue weighted by atomic mass is 16.4. The van der Waals surface area contributed by atoms with Crippen LogP contribution in [0.1, 0.15) is 52.4 Å². The molecule has 1 fully saturated rings. The van der Waals surface area contributed by atoms with Crippen molar-refractivity contribution in [2.45, 2.75) is 64.5 Å². The molecule has 3 heteroatoms. The molecular formula is C12H23NO2. The van der Waals surface area contributed by atoms with E-state index in [0.29, 0.717) is 6.04 Å². The van der Waals surface area contributed by atoms with Crippen LogP contribution in [0, 0.1) is 5.92 Å². The molecule has 88 valence electrons. The molecule has 0 aromatic rings. The molecule has 3 nitrogen and oxygen atoms in total. The van der Waals surface area contributed by atoms with E-state index < -0.39 is 5.97 Å². The first-order chi connectivity index (χ1) is 7.09. The lowest BCUT2D eigenvalue weighted by molar-refractivity contribution is -0.137. The number of carboxylic acids is 1. The van der Waals surface area contributed by atoms with Gasteiger partial charge >= 0.3 is 5.97 Å². The average molecular weight is 213 g/mol. The fourth-order valence-corrected chi connectivity index (χ4v) is 2.54. The summed E-state index contributed by atoms with van der Waals surface area (Å²) in [5, 5.41) is 12.1. The quantitative estimate of drug-likeness (QED) is 0.737. The van der Waals surface area contributed by atoms with E-state index in [2.05, 4.69) is 12.2 Å². The molecule has 1 rings (SSSR count). The number of hydrogen-bond donors (Lipinski definition) is 2. The second-order valence-corrected chi connectivity index (χ2v) is 4.85. The lowest BCUT2D eigenvalue weighted by Gasteiger charge is -2.30. The maximum absolute atomic E-state index is 10.5. The first-order valence-corrected chi connectivity index (χ1v) is 6.07. The Morgan fingerprint density at radius 1 is 1.33 bits per heavy atom. The molecule has 0 heterocycles. The molecule has 0 saturated heterocycles. The zero-order valence-electron chi connectivity index (χ0n) is 9.83. The van der Waals surface area contributed by atoms with E-state index in [1.807, 2.05) is 6.92 Å². The molecule has 0 radical (unpaired) electrons. The van der Waals surface area contributed by atoms with E-state index in [1.165, 1.54) is 32.1 Å². The maximum Gasteiger partial charge on any atom is 0.304 e. The summed E-state index contributed by atoms with van der Waals surface area (Å²) in [6, 6.07) is 0.541. The van der Waals surface area contributed by atoms with Crippen LogP contribution in [-0.4, -0.2) is 23.2 Å². The molecular weight excluding hydrogens is 190 g/mol. The highest BCUT2D eigenvalue weighted by Gasteiger charge is 2.21. The van der Waals surface area contributed by atoms with Crippen molar-refractivity contribution in [3.8, 4) is 0 Å². The Kier molecular flexibility index (Phi) is 5.09. The van der Waals surface area contributed by atoms with Crippen LogP contribution in [0.25, 0.3) is 0 Å². The van der Waals surface area contributed by atoms with Crippen LogP contribution in [0.5, 0.6) is 0 Å². The van der Waals surface area contributed by atoms with Crippen molar-refractivity contribution in [2.24, 2.45) is 5.92 Å². The molecule has 0 amide bonds. The zero-order valence-corrected chi connectivity index (χ0v) is 9.83. The molecule has 0 bridgehead atoms. The molecule has 1 unspecified atom stereocenters. The maximum atomic E-state index is 10.5. The molecule has 0 aromatic heterocycles. The molecule has 15 heavy (non-hydrogen) atoms. The number of carboxylic acid groups (broad SMARTS) is 1. The fraction of sp³-hybridized carbons (Fsp3) is 0.917. The van der Waals surface area contributed by atoms with Gasteiger partial charge in [-0.3, -0.25) is 4.79 Å². The van der Waals surface area contributed by atoms with Crippen LogP contribution in [0.15, 0.2) is 0 Å². The smallest absolute Gasteiger partial charge is 0.304 e. The number of rotatable bonds is 5. The molecule has 0 spiro atoms. The van der Waals surface area contributed by atoms with Gasteiger partial charge in [-0.2, -0.15) is 0 Å². The van der Waals surface area contributed by atoms with E-state index in [4.69, 9.17) is 5.11 Å². The van der Waals surface area contributed by atoms with Crippen molar-refractivity contribution in [2.75, 3.05) is 0 Å². The summed E-state index contributed by atoms with van der Waals surface area (Å²) in [7, 11) is 0. The second kappa shape index (κ2) is 6.11. The Bertz CT molecular complexity index is 200. The van der Waals surface area contributed by atoms with Crippen LogP contribution in [-0.2, 0) is 4.79 Å². The first-order valence-electron chi connectivity index (χ1n) is 6.07. The number of nitrogens with one attached hydrogen (secondary N) is 1. The summed E-state index contributed by atoms with van der Waals surface area (Å²) in [4.78, 5) is 10.5. The number of aliphatic carboxylic acids is 1. The summed E-state index contributed by atoms with van der Waals surface area (Å²) in [5.74, 6) is 0.0286. The predicted molar refractivity (Wildman–Crippen MR) is 60.9 cm³/mol. The van der Waals surface area contributed by atoms with Gasteiger partial charge in [0, 0.05) is 12.1 Å². The van der Waals surface area contributed by atoms with E-state index >= 15 is 0 Å². The van der Waals surface area contributed by atoms with Crippen molar-refractivity contribution in [1.82, 2.24) is 5.32 Å². The minimum Gasteiger partial charge on any atom is -0.481 e. The van der Waals surface area contributed by atoms with Crippen LogP contribution in [0.3, 0.4) is 0 Å². The van der Waals surface area contributed by atoms with Crippen LogP contribution in [0.2, 0.25) is 0 Å². The van der Waals surface area contributed by atoms with Gasteiger partial charge in [0.05, 0.1) is 6.42 Å². The summed E-state index contributed by atoms with van der Waals surface area (Å²) in [6.07, 6.45) is 6.86. The van der Waals surface area contributed by atoms with E-state index in [1.54, 1.807) is 0 Å². The SMILES string of the molecule is CC(CC(=O)O)N[C@H](C)C1CCCCC1. The third-order valence-electron chi connectivity index (χ3n) is 3.39. The molecule has 0 aliphatic heterocycles. The summed E-state index contributed by atoms with van der Waals surface area (Å²) < 4.78 is 0. The van der Waals surface area contributed by atoms with Crippen molar-refractivity contribution in [1.29, 1.82) is 0 Å². The monoisotopic (exact) mass is 213 g/mol. The normalized spacial score (nSPS) is 22.3. The van der Waals surface area contributed by atoms with Crippen molar-refractivity contribution >= 4 is 5.97 Å².